The van der Waals surface area contributed by atoms with E-state index in [1.807, 2.05) is 12.1 Å². The number of halogens is 4. The van der Waals surface area contributed by atoms with Gasteiger partial charge in [-0.1, -0.05) is 63.1 Å². The average molecular weight is 465 g/mol. The number of alkyl halides is 4. The number of fused-ring (bicyclic) bond motifs is 1. The van der Waals surface area contributed by atoms with Crippen LogP contribution in [0.2, 0.25) is 0 Å². The van der Waals surface area contributed by atoms with Crippen molar-refractivity contribution in [1.29, 1.82) is 0 Å². The molecule has 32 heavy (non-hydrogen) atoms. The van der Waals surface area contributed by atoms with Crippen LogP contribution in [0.1, 0.15) is 44.7 Å². The summed E-state index contributed by atoms with van der Waals surface area (Å²) in [5, 5.41) is 1.32. The molecule has 0 amide bonds. The van der Waals surface area contributed by atoms with E-state index in [1.54, 1.807) is 24.1 Å². The van der Waals surface area contributed by atoms with Gasteiger partial charge in [0.2, 0.25) is 0 Å². The van der Waals surface area contributed by atoms with Crippen LogP contribution in [-0.4, -0.2) is 16.0 Å². The molecule has 0 saturated heterocycles. The number of nitrogens with one attached hydrogen (secondary N) is 1. The van der Waals surface area contributed by atoms with Crippen molar-refractivity contribution in [2.75, 3.05) is 0 Å². The minimum absolute atomic E-state index is 0.00729. The molecule has 0 aliphatic heterocycles. The lowest BCUT2D eigenvalue weighted by molar-refractivity contribution is -0.137. The van der Waals surface area contributed by atoms with Crippen LogP contribution < -0.4 is 4.72 Å². The number of aromatic nitrogens is 1. The Kier molecular flexibility index (Phi) is 6.34. The lowest BCUT2D eigenvalue weighted by Crippen LogP contribution is -2.29. The zero-order valence-corrected chi connectivity index (χ0v) is 19.3. The first-order valence-corrected chi connectivity index (χ1v) is 11.7. The largest absolute Gasteiger partial charge is 0.417 e. The summed E-state index contributed by atoms with van der Waals surface area (Å²) in [6.45, 7) is 7.77. The van der Waals surface area contributed by atoms with Crippen molar-refractivity contribution in [2.45, 2.75) is 64.3 Å². The lowest BCUT2D eigenvalue weighted by Gasteiger charge is -2.28. The van der Waals surface area contributed by atoms with Gasteiger partial charge in [0.25, 0.3) is 0 Å². The Balaban J connectivity index is 1.69. The van der Waals surface area contributed by atoms with Crippen LogP contribution in [0.3, 0.4) is 0 Å². The van der Waals surface area contributed by atoms with E-state index in [0.717, 1.165) is 29.1 Å². The van der Waals surface area contributed by atoms with Gasteiger partial charge >= 0.3 is 6.18 Å². The van der Waals surface area contributed by atoms with Crippen LogP contribution in [0.25, 0.3) is 22.0 Å². The van der Waals surface area contributed by atoms with Crippen molar-refractivity contribution in [2.24, 2.45) is 5.41 Å². The lowest BCUT2D eigenvalue weighted by atomic mass is 9.96. The molecule has 1 N–H and O–H groups in total. The molecule has 3 aromatic rings. The SMILES string of the molecule is CC(C)(C)Cn1cc(CNSC2CC(F)C2)c2ccc(-c3ccccc3C(F)(F)F)cc21. The van der Waals surface area contributed by atoms with Crippen LogP contribution in [0.4, 0.5) is 17.6 Å². The van der Waals surface area contributed by atoms with Gasteiger partial charge in [0.1, 0.15) is 6.17 Å². The predicted octanol–water partition coefficient (Wildman–Crippen LogP) is 7.61. The highest BCUT2D eigenvalue weighted by atomic mass is 32.2. The van der Waals surface area contributed by atoms with Crippen molar-refractivity contribution < 1.29 is 17.6 Å². The predicted molar refractivity (Wildman–Crippen MR) is 124 cm³/mol. The van der Waals surface area contributed by atoms with Gasteiger partial charge < -0.3 is 4.57 Å². The molecule has 2 nitrogen and oxygen atoms in total. The number of nitrogens with zero attached hydrogens (tertiary/aromatic N) is 1. The van der Waals surface area contributed by atoms with E-state index in [1.165, 1.54) is 12.1 Å². The van der Waals surface area contributed by atoms with Crippen LogP contribution in [0, 0.1) is 5.41 Å². The van der Waals surface area contributed by atoms with Crippen molar-refractivity contribution in [1.82, 2.24) is 9.29 Å². The molecule has 0 spiro atoms. The molecule has 172 valence electrons. The monoisotopic (exact) mass is 464 g/mol. The van der Waals surface area contributed by atoms with Crippen LogP contribution in [0.15, 0.2) is 48.7 Å². The van der Waals surface area contributed by atoms with Crippen molar-refractivity contribution in [3.05, 3.63) is 59.8 Å². The molecule has 4 rings (SSSR count). The Morgan fingerprint density at radius 3 is 2.44 bits per heavy atom. The van der Waals surface area contributed by atoms with Gasteiger partial charge in [-0.2, -0.15) is 13.2 Å². The molecule has 2 aromatic carbocycles. The molecular weight excluding hydrogens is 436 g/mol. The fourth-order valence-corrected chi connectivity index (χ4v) is 5.22. The molecule has 1 aliphatic rings. The highest BCUT2D eigenvalue weighted by Gasteiger charge is 2.33. The van der Waals surface area contributed by atoms with E-state index in [9.17, 15) is 17.6 Å². The molecule has 1 fully saturated rings. The zero-order chi connectivity index (χ0) is 23.1. The standard InChI is InChI=1S/C25H28F4N2S/c1-24(2,3)15-31-14-17(13-30-32-19-11-18(26)12-19)21-9-8-16(10-23(21)31)20-6-4-5-7-22(20)25(27,28)29/h4-10,14,18-19,30H,11-13,15H2,1-3H3. The van der Waals surface area contributed by atoms with Gasteiger partial charge in [0.05, 0.1) is 5.56 Å². The summed E-state index contributed by atoms with van der Waals surface area (Å²) in [5.74, 6) is 0. The van der Waals surface area contributed by atoms with E-state index < -0.39 is 17.9 Å². The fraction of sp³-hybridized carbons (Fsp3) is 0.440. The maximum Gasteiger partial charge on any atom is 0.417 e. The third-order valence-corrected chi connectivity index (χ3v) is 6.73. The Hall–Kier alpha value is -1.99. The van der Waals surface area contributed by atoms with E-state index in [0.29, 0.717) is 30.2 Å². The van der Waals surface area contributed by atoms with Crippen LogP contribution in [0.5, 0.6) is 0 Å². The minimum Gasteiger partial charge on any atom is -0.347 e. The molecule has 0 bridgehead atoms. The normalized spacial score (nSPS) is 19.3. The first kappa shape index (κ1) is 23.2. The molecule has 7 heteroatoms. The molecule has 1 aliphatic carbocycles. The van der Waals surface area contributed by atoms with Gasteiger partial charge in [-0.15, -0.1) is 0 Å². The van der Waals surface area contributed by atoms with Gasteiger partial charge in [-0.05, 0) is 47.1 Å². The van der Waals surface area contributed by atoms with Crippen LogP contribution >= 0.6 is 11.9 Å². The molecule has 0 radical (unpaired) electrons. The first-order valence-electron chi connectivity index (χ1n) is 10.8. The Labute approximate surface area is 190 Å². The van der Waals surface area contributed by atoms with Crippen molar-refractivity contribution in [3.8, 4) is 11.1 Å². The number of benzene rings is 2. The topological polar surface area (TPSA) is 17.0 Å². The maximum atomic E-state index is 13.6. The zero-order valence-electron chi connectivity index (χ0n) is 18.5. The Morgan fingerprint density at radius 2 is 1.78 bits per heavy atom. The number of hydrogen-bond donors (Lipinski definition) is 1. The molecule has 1 heterocycles. The smallest absolute Gasteiger partial charge is 0.347 e. The van der Waals surface area contributed by atoms with Gasteiger partial charge in [0, 0.05) is 35.4 Å². The van der Waals surface area contributed by atoms with E-state index in [4.69, 9.17) is 0 Å². The van der Waals surface area contributed by atoms with E-state index in [-0.39, 0.29) is 11.0 Å². The molecule has 1 saturated carbocycles. The summed E-state index contributed by atoms with van der Waals surface area (Å²) < 4.78 is 59.3. The molecule has 0 atom stereocenters. The third-order valence-electron chi connectivity index (χ3n) is 5.70. The highest BCUT2D eigenvalue weighted by molar-refractivity contribution is 7.98. The summed E-state index contributed by atoms with van der Waals surface area (Å²) >= 11 is 1.57. The molecular formula is C25H28F4N2S. The van der Waals surface area contributed by atoms with Gasteiger partial charge in [-0.25, -0.2) is 4.39 Å². The van der Waals surface area contributed by atoms with Crippen LogP contribution in [-0.2, 0) is 19.3 Å². The summed E-state index contributed by atoms with van der Waals surface area (Å²) in [6, 6.07) is 11.3. The first-order chi connectivity index (χ1) is 15.0. The third kappa shape index (κ3) is 5.15. The second-order valence-corrected chi connectivity index (χ2v) is 10.9. The highest BCUT2D eigenvalue weighted by Crippen LogP contribution is 2.39. The fourth-order valence-electron chi connectivity index (χ4n) is 4.14. The van der Waals surface area contributed by atoms with Crippen molar-refractivity contribution >= 4 is 22.9 Å². The van der Waals surface area contributed by atoms with Crippen molar-refractivity contribution in [3.63, 3.8) is 0 Å². The van der Waals surface area contributed by atoms with Gasteiger partial charge in [0.15, 0.2) is 0 Å². The van der Waals surface area contributed by atoms with E-state index in [2.05, 4.69) is 36.3 Å². The number of rotatable bonds is 6. The summed E-state index contributed by atoms with van der Waals surface area (Å²) in [4.78, 5) is 0. The Morgan fingerprint density at radius 1 is 1.06 bits per heavy atom. The minimum atomic E-state index is -4.41. The quantitative estimate of drug-likeness (QED) is 0.299. The Bertz CT molecular complexity index is 1090. The molecule has 1 aromatic heterocycles. The van der Waals surface area contributed by atoms with Gasteiger partial charge in [-0.3, -0.25) is 4.72 Å². The summed E-state index contributed by atoms with van der Waals surface area (Å²) in [5.41, 5.74) is 2.13. The summed E-state index contributed by atoms with van der Waals surface area (Å²) in [6.07, 6.45) is -1.83. The summed E-state index contributed by atoms with van der Waals surface area (Å²) in [7, 11) is 0. The van der Waals surface area contributed by atoms with E-state index >= 15 is 0 Å². The number of hydrogen-bond acceptors (Lipinski definition) is 2. The molecule has 0 unspecified atom stereocenters. The average Bonchev–Trinajstić information content (AvgIpc) is 3.01. The second kappa shape index (κ2) is 8.75. The second-order valence-electron chi connectivity index (χ2n) is 9.75. The maximum absolute atomic E-state index is 13.6.